The number of carbonyl (C=O) groups excluding carboxylic acids is 1. The van der Waals surface area contributed by atoms with Gasteiger partial charge >= 0.3 is 5.97 Å². The minimum absolute atomic E-state index is 0.155. The van der Waals surface area contributed by atoms with E-state index >= 15 is 0 Å². The Kier molecular flexibility index (Phi) is 6.13. The Morgan fingerprint density at radius 3 is 2.50 bits per heavy atom. The molecule has 1 atom stereocenters. The zero-order valence-corrected chi connectivity index (χ0v) is 12.1. The molecular formula is C14H16F2O3S. The maximum absolute atomic E-state index is 13.5. The molecule has 0 bridgehead atoms. The van der Waals surface area contributed by atoms with Gasteiger partial charge in [0.2, 0.25) is 0 Å². The van der Waals surface area contributed by atoms with E-state index in [1.54, 1.807) is 0 Å². The highest BCUT2D eigenvalue weighted by Crippen LogP contribution is 2.27. The minimum atomic E-state index is -1.49. The van der Waals surface area contributed by atoms with Gasteiger partial charge in [0.05, 0.1) is 10.5 Å². The highest BCUT2D eigenvalue weighted by atomic mass is 32.2. The maximum atomic E-state index is 13.5. The van der Waals surface area contributed by atoms with Gasteiger partial charge in [0.1, 0.15) is 11.6 Å². The van der Waals surface area contributed by atoms with Crippen LogP contribution in [0.15, 0.2) is 17.0 Å². The highest BCUT2D eigenvalue weighted by molar-refractivity contribution is 8.13. The van der Waals surface area contributed by atoms with Gasteiger partial charge in [0.25, 0.3) is 0 Å². The molecule has 0 fully saturated rings. The van der Waals surface area contributed by atoms with E-state index in [4.69, 9.17) is 5.11 Å². The molecule has 0 amide bonds. The predicted molar refractivity (Wildman–Crippen MR) is 72.9 cm³/mol. The van der Waals surface area contributed by atoms with Crippen molar-refractivity contribution in [1.29, 1.82) is 0 Å². The maximum Gasteiger partial charge on any atom is 0.338 e. The summed E-state index contributed by atoms with van der Waals surface area (Å²) in [5.74, 6) is -3.16. The molecular weight excluding hydrogens is 286 g/mol. The van der Waals surface area contributed by atoms with Crippen molar-refractivity contribution in [3.63, 3.8) is 0 Å². The summed E-state index contributed by atoms with van der Waals surface area (Å²) >= 11 is 0.619. The normalized spacial score (nSPS) is 12.2. The summed E-state index contributed by atoms with van der Waals surface area (Å²) in [6.07, 6.45) is 1.92. The van der Waals surface area contributed by atoms with E-state index in [9.17, 15) is 18.4 Å². The summed E-state index contributed by atoms with van der Waals surface area (Å²) in [6.45, 7) is 4.03. The van der Waals surface area contributed by atoms with Crippen LogP contribution in [-0.4, -0.2) is 16.2 Å². The van der Waals surface area contributed by atoms with E-state index in [0.29, 0.717) is 30.2 Å². The van der Waals surface area contributed by atoms with E-state index < -0.39 is 23.2 Å². The summed E-state index contributed by atoms with van der Waals surface area (Å²) in [4.78, 5) is 22.3. The summed E-state index contributed by atoms with van der Waals surface area (Å²) in [5, 5.41) is 8.51. The van der Waals surface area contributed by atoms with Gasteiger partial charge in [-0.15, -0.1) is 0 Å². The third kappa shape index (κ3) is 4.59. The topological polar surface area (TPSA) is 54.4 Å². The lowest BCUT2D eigenvalue weighted by Crippen LogP contribution is -2.03. The number of carbonyl (C=O) groups is 2. The van der Waals surface area contributed by atoms with E-state index in [1.807, 2.05) is 13.8 Å². The molecule has 0 radical (unpaired) electrons. The van der Waals surface area contributed by atoms with Crippen LogP contribution in [0.25, 0.3) is 0 Å². The number of halogens is 2. The largest absolute Gasteiger partial charge is 0.478 e. The number of hydrogen-bond donors (Lipinski definition) is 1. The van der Waals surface area contributed by atoms with E-state index in [0.717, 1.165) is 12.5 Å². The van der Waals surface area contributed by atoms with Crippen LogP contribution in [0, 0.1) is 17.6 Å². The third-order valence-electron chi connectivity index (χ3n) is 3.01. The van der Waals surface area contributed by atoms with Crippen LogP contribution in [0.5, 0.6) is 0 Å². The van der Waals surface area contributed by atoms with E-state index in [2.05, 4.69) is 0 Å². The van der Waals surface area contributed by atoms with Crippen molar-refractivity contribution in [3.05, 3.63) is 29.3 Å². The van der Waals surface area contributed by atoms with Crippen molar-refractivity contribution in [2.75, 3.05) is 0 Å². The minimum Gasteiger partial charge on any atom is -0.478 e. The second-order valence-corrected chi connectivity index (χ2v) is 5.69. The summed E-state index contributed by atoms with van der Waals surface area (Å²) in [6, 6.07) is 1.35. The Morgan fingerprint density at radius 1 is 1.30 bits per heavy atom. The van der Waals surface area contributed by atoms with Crippen molar-refractivity contribution in [2.45, 2.75) is 38.0 Å². The monoisotopic (exact) mass is 302 g/mol. The Hall–Kier alpha value is -1.43. The Balaban J connectivity index is 2.79. The number of carboxylic acid groups (broad SMARTS) is 1. The zero-order valence-electron chi connectivity index (χ0n) is 11.3. The van der Waals surface area contributed by atoms with Gasteiger partial charge in [-0.05, 0) is 30.2 Å². The molecule has 20 heavy (non-hydrogen) atoms. The Labute approximate surface area is 120 Å². The molecule has 0 aromatic heterocycles. The van der Waals surface area contributed by atoms with Gasteiger partial charge in [-0.2, -0.15) is 0 Å². The van der Waals surface area contributed by atoms with Crippen LogP contribution in [-0.2, 0) is 4.79 Å². The molecule has 6 heteroatoms. The molecule has 3 nitrogen and oxygen atoms in total. The number of carboxylic acids is 1. The van der Waals surface area contributed by atoms with Gasteiger partial charge < -0.3 is 5.11 Å². The van der Waals surface area contributed by atoms with E-state index in [1.165, 1.54) is 0 Å². The fourth-order valence-corrected chi connectivity index (χ4v) is 2.31. The molecule has 0 spiro atoms. The van der Waals surface area contributed by atoms with E-state index in [-0.39, 0.29) is 16.4 Å². The number of thioether (sulfide) groups is 1. The zero-order chi connectivity index (χ0) is 15.3. The first-order valence-corrected chi connectivity index (χ1v) is 7.09. The average molecular weight is 302 g/mol. The summed E-state index contributed by atoms with van der Waals surface area (Å²) in [7, 11) is 0. The van der Waals surface area contributed by atoms with Gasteiger partial charge in [-0.3, -0.25) is 4.79 Å². The van der Waals surface area contributed by atoms with Crippen molar-refractivity contribution in [1.82, 2.24) is 0 Å². The number of hydrogen-bond acceptors (Lipinski definition) is 3. The number of aromatic carboxylic acids is 1. The second kappa shape index (κ2) is 7.38. The van der Waals surface area contributed by atoms with Crippen LogP contribution in [0.4, 0.5) is 8.78 Å². The van der Waals surface area contributed by atoms with Gasteiger partial charge in [0, 0.05) is 12.5 Å². The molecule has 0 heterocycles. The molecule has 1 aromatic carbocycles. The van der Waals surface area contributed by atoms with Crippen LogP contribution >= 0.6 is 11.8 Å². The smallest absolute Gasteiger partial charge is 0.338 e. The first-order valence-electron chi connectivity index (χ1n) is 6.28. The third-order valence-corrected chi connectivity index (χ3v) is 3.98. The molecule has 0 aliphatic rings. The second-order valence-electron chi connectivity index (χ2n) is 4.59. The van der Waals surface area contributed by atoms with Crippen LogP contribution in [0.1, 0.15) is 43.5 Å². The molecule has 1 rings (SSSR count). The summed E-state index contributed by atoms with van der Waals surface area (Å²) < 4.78 is 26.7. The molecule has 0 saturated heterocycles. The number of rotatable bonds is 6. The van der Waals surface area contributed by atoms with Gasteiger partial charge in [-0.1, -0.05) is 20.3 Å². The molecule has 0 saturated carbocycles. The van der Waals surface area contributed by atoms with Crippen LogP contribution < -0.4 is 0 Å². The summed E-state index contributed by atoms with van der Waals surface area (Å²) in [5.41, 5.74) is -0.636. The molecule has 1 aromatic rings. The first-order chi connectivity index (χ1) is 9.35. The lowest BCUT2D eigenvalue weighted by Gasteiger charge is -2.08. The SMILES string of the molecule is CCC(C)CCC(=O)Sc1cc(C(=O)O)c(F)cc1F. The lowest BCUT2D eigenvalue weighted by atomic mass is 10.0. The fourth-order valence-electron chi connectivity index (χ4n) is 1.51. The fraction of sp³-hybridized carbons (Fsp3) is 0.429. The Morgan fingerprint density at radius 2 is 1.95 bits per heavy atom. The van der Waals surface area contributed by atoms with Crippen molar-refractivity contribution < 1.29 is 23.5 Å². The van der Waals surface area contributed by atoms with Crippen LogP contribution in [0.2, 0.25) is 0 Å². The predicted octanol–water partition coefficient (Wildman–Crippen LogP) is 4.11. The van der Waals surface area contributed by atoms with Crippen molar-refractivity contribution >= 4 is 22.8 Å². The lowest BCUT2D eigenvalue weighted by molar-refractivity contribution is -0.111. The highest BCUT2D eigenvalue weighted by Gasteiger charge is 2.17. The van der Waals surface area contributed by atoms with Crippen molar-refractivity contribution in [2.24, 2.45) is 5.92 Å². The molecule has 110 valence electrons. The van der Waals surface area contributed by atoms with Gasteiger partial charge in [0.15, 0.2) is 5.12 Å². The number of benzene rings is 1. The average Bonchev–Trinajstić information content (AvgIpc) is 2.38. The van der Waals surface area contributed by atoms with Crippen molar-refractivity contribution in [3.8, 4) is 0 Å². The quantitative estimate of drug-likeness (QED) is 0.804. The molecule has 1 N–H and O–H groups in total. The molecule has 1 unspecified atom stereocenters. The standard InChI is InChI=1S/C14H16F2O3S/c1-3-8(2)4-5-13(17)20-12-6-9(14(18)19)10(15)7-11(12)16/h6-8H,3-5H2,1-2H3,(H,18,19). The van der Waals surface area contributed by atoms with Gasteiger partial charge in [-0.25, -0.2) is 13.6 Å². The molecule has 0 aliphatic carbocycles. The Bertz CT molecular complexity index is 517. The molecule has 0 aliphatic heterocycles. The first kappa shape index (κ1) is 16.6. The van der Waals surface area contributed by atoms with Crippen LogP contribution in [0.3, 0.4) is 0 Å².